The molecule has 2 aromatic heterocycles. The third kappa shape index (κ3) is 2.57. The number of aliphatic hydroxyl groups excluding tert-OH is 1. The van der Waals surface area contributed by atoms with Crippen LogP contribution in [-0.2, 0) is 6.42 Å². The fourth-order valence-electron chi connectivity index (χ4n) is 1.57. The summed E-state index contributed by atoms with van der Waals surface area (Å²) in [4.78, 5) is 19.6. The minimum absolute atomic E-state index is 0.0597. The van der Waals surface area contributed by atoms with Gasteiger partial charge in [-0.25, -0.2) is 4.98 Å². The molecule has 0 atom stereocenters. The number of aromatic amines is 1. The van der Waals surface area contributed by atoms with E-state index in [1.165, 1.54) is 11.3 Å². The highest BCUT2D eigenvalue weighted by Gasteiger charge is 2.10. The van der Waals surface area contributed by atoms with E-state index in [0.29, 0.717) is 28.5 Å². The van der Waals surface area contributed by atoms with E-state index < -0.39 is 0 Å². The zero-order chi connectivity index (χ0) is 12.4. The number of hydrogen-bond donors (Lipinski definition) is 2. The molecule has 90 valence electrons. The molecule has 0 saturated heterocycles. The summed E-state index contributed by atoms with van der Waals surface area (Å²) in [7, 11) is 0. The number of nitrogens with one attached hydrogen (secondary N) is 1. The fourth-order valence-corrected chi connectivity index (χ4v) is 2.59. The second kappa shape index (κ2) is 5.00. The van der Waals surface area contributed by atoms with Crippen LogP contribution in [0.2, 0.25) is 5.02 Å². The van der Waals surface area contributed by atoms with Gasteiger partial charge in [-0.2, -0.15) is 0 Å². The Morgan fingerprint density at radius 2 is 2.35 bits per heavy atom. The van der Waals surface area contributed by atoms with Crippen LogP contribution in [-0.4, -0.2) is 21.7 Å². The van der Waals surface area contributed by atoms with Crippen molar-refractivity contribution in [2.45, 2.75) is 13.3 Å². The number of thiophene rings is 1. The van der Waals surface area contributed by atoms with Crippen molar-refractivity contribution in [1.29, 1.82) is 0 Å². The topological polar surface area (TPSA) is 66.0 Å². The van der Waals surface area contributed by atoms with Gasteiger partial charge in [0.15, 0.2) is 5.82 Å². The maximum absolute atomic E-state index is 11.8. The molecule has 2 N–H and O–H groups in total. The number of rotatable bonds is 3. The quantitative estimate of drug-likeness (QED) is 0.896. The molecule has 0 fully saturated rings. The largest absolute Gasteiger partial charge is 0.396 e. The van der Waals surface area contributed by atoms with Gasteiger partial charge in [-0.05, 0) is 13.0 Å². The SMILES string of the molecule is Cc1nc(-c2cc(Cl)cs2)[nH]c(=O)c1CCO. The summed E-state index contributed by atoms with van der Waals surface area (Å²) in [6.07, 6.45) is 0.319. The Balaban J connectivity index is 2.49. The van der Waals surface area contributed by atoms with E-state index in [2.05, 4.69) is 9.97 Å². The van der Waals surface area contributed by atoms with Crippen molar-refractivity contribution in [3.05, 3.63) is 38.1 Å². The molecule has 6 heteroatoms. The van der Waals surface area contributed by atoms with Gasteiger partial charge in [0, 0.05) is 29.7 Å². The average molecular weight is 271 g/mol. The highest BCUT2D eigenvalue weighted by atomic mass is 35.5. The summed E-state index contributed by atoms with van der Waals surface area (Å²) in [6, 6.07) is 1.76. The number of aromatic nitrogens is 2. The molecule has 0 radical (unpaired) electrons. The van der Waals surface area contributed by atoms with E-state index in [1.54, 1.807) is 18.4 Å². The van der Waals surface area contributed by atoms with Crippen LogP contribution in [0.15, 0.2) is 16.2 Å². The molecular formula is C11H11ClN2O2S. The van der Waals surface area contributed by atoms with Gasteiger partial charge in [0.1, 0.15) is 0 Å². The van der Waals surface area contributed by atoms with Gasteiger partial charge in [0.2, 0.25) is 0 Å². The molecule has 17 heavy (non-hydrogen) atoms. The highest BCUT2D eigenvalue weighted by Crippen LogP contribution is 2.26. The molecular weight excluding hydrogens is 260 g/mol. The smallest absolute Gasteiger partial charge is 0.254 e. The second-order valence-corrected chi connectivity index (χ2v) is 4.93. The van der Waals surface area contributed by atoms with Crippen LogP contribution < -0.4 is 5.56 Å². The van der Waals surface area contributed by atoms with E-state index in [9.17, 15) is 4.79 Å². The van der Waals surface area contributed by atoms with Crippen LogP contribution >= 0.6 is 22.9 Å². The Hall–Kier alpha value is -1.17. The zero-order valence-electron chi connectivity index (χ0n) is 9.16. The van der Waals surface area contributed by atoms with E-state index in [0.717, 1.165) is 4.88 Å². The van der Waals surface area contributed by atoms with Gasteiger partial charge >= 0.3 is 0 Å². The molecule has 0 saturated carbocycles. The third-order valence-electron chi connectivity index (χ3n) is 2.38. The maximum Gasteiger partial charge on any atom is 0.254 e. The van der Waals surface area contributed by atoms with E-state index in [4.69, 9.17) is 16.7 Å². The van der Waals surface area contributed by atoms with Crippen molar-refractivity contribution >= 4 is 22.9 Å². The molecule has 0 aromatic carbocycles. The molecule has 0 aliphatic carbocycles. The summed E-state index contributed by atoms with van der Waals surface area (Å²) < 4.78 is 0. The standard InChI is InChI=1S/C11H11ClN2O2S/c1-6-8(2-3-15)11(16)14-10(13-6)9-4-7(12)5-17-9/h4-5,15H,2-3H2,1H3,(H,13,14,16). The van der Waals surface area contributed by atoms with Crippen molar-refractivity contribution in [3.63, 3.8) is 0 Å². The van der Waals surface area contributed by atoms with Crippen molar-refractivity contribution in [2.75, 3.05) is 6.61 Å². The molecule has 4 nitrogen and oxygen atoms in total. The van der Waals surface area contributed by atoms with Crippen molar-refractivity contribution in [1.82, 2.24) is 9.97 Å². The number of aryl methyl sites for hydroxylation is 1. The first-order valence-corrected chi connectivity index (χ1v) is 6.32. The lowest BCUT2D eigenvalue weighted by Gasteiger charge is -2.04. The van der Waals surface area contributed by atoms with Crippen molar-refractivity contribution in [2.24, 2.45) is 0 Å². The predicted molar refractivity (Wildman–Crippen MR) is 68.7 cm³/mol. The van der Waals surface area contributed by atoms with Gasteiger partial charge in [0.25, 0.3) is 5.56 Å². The lowest BCUT2D eigenvalue weighted by molar-refractivity contribution is 0.298. The molecule has 0 aliphatic rings. The normalized spacial score (nSPS) is 10.8. The van der Waals surface area contributed by atoms with E-state index >= 15 is 0 Å². The molecule has 0 amide bonds. The fraction of sp³-hybridized carbons (Fsp3) is 0.273. The maximum atomic E-state index is 11.8. The van der Waals surface area contributed by atoms with Gasteiger partial charge < -0.3 is 10.1 Å². The number of halogens is 1. The summed E-state index contributed by atoms with van der Waals surface area (Å²) in [5, 5.41) is 11.3. The number of aliphatic hydroxyl groups is 1. The monoisotopic (exact) mass is 270 g/mol. The minimum Gasteiger partial charge on any atom is -0.396 e. The lowest BCUT2D eigenvalue weighted by Crippen LogP contribution is -2.18. The van der Waals surface area contributed by atoms with Crippen LogP contribution in [0.1, 0.15) is 11.3 Å². The van der Waals surface area contributed by atoms with Crippen LogP contribution in [0.4, 0.5) is 0 Å². The molecule has 2 aromatic rings. The van der Waals surface area contributed by atoms with Crippen LogP contribution in [0, 0.1) is 6.92 Å². The first-order valence-electron chi connectivity index (χ1n) is 5.07. The minimum atomic E-state index is -0.203. The summed E-state index contributed by atoms with van der Waals surface area (Å²) in [5.74, 6) is 0.520. The zero-order valence-corrected chi connectivity index (χ0v) is 10.7. The van der Waals surface area contributed by atoms with Gasteiger partial charge in [-0.3, -0.25) is 4.79 Å². The highest BCUT2D eigenvalue weighted by molar-refractivity contribution is 7.14. The second-order valence-electron chi connectivity index (χ2n) is 3.58. The van der Waals surface area contributed by atoms with E-state index in [1.807, 2.05) is 0 Å². The number of nitrogens with zero attached hydrogens (tertiary/aromatic N) is 1. The molecule has 0 aliphatic heterocycles. The Morgan fingerprint density at radius 1 is 1.59 bits per heavy atom. The average Bonchev–Trinajstić information content (AvgIpc) is 2.70. The van der Waals surface area contributed by atoms with Gasteiger partial charge in [-0.15, -0.1) is 11.3 Å². The molecule has 0 unspecified atom stereocenters. The van der Waals surface area contributed by atoms with Gasteiger partial charge in [-0.1, -0.05) is 11.6 Å². The molecule has 0 spiro atoms. The van der Waals surface area contributed by atoms with Gasteiger partial charge in [0.05, 0.1) is 9.90 Å². The molecule has 2 rings (SSSR count). The Kier molecular flexibility index (Phi) is 3.61. The third-order valence-corrected chi connectivity index (χ3v) is 3.67. The van der Waals surface area contributed by atoms with E-state index in [-0.39, 0.29) is 12.2 Å². The summed E-state index contributed by atoms with van der Waals surface area (Å²) >= 11 is 7.25. The Bertz CT molecular complexity index is 591. The molecule has 2 heterocycles. The predicted octanol–water partition coefficient (Wildman–Crippen LogP) is 2.00. The Labute approximate surface area is 107 Å². The first-order chi connectivity index (χ1) is 8.11. The number of hydrogen-bond acceptors (Lipinski definition) is 4. The number of H-pyrrole nitrogens is 1. The molecule has 0 bridgehead atoms. The first kappa shape index (κ1) is 12.3. The Morgan fingerprint density at radius 3 is 2.88 bits per heavy atom. The van der Waals surface area contributed by atoms with Crippen LogP contribution in [0.3, 0.4) is 0 Å². The van der Waals surface area contributed by atoms with Crippen LogP contribution in [0.5, 0.6) is 0 Å². The lowest BCUT2D eigenvalue weighted by atomic mass is 10.2. The van der Waals surface area contributed by atoms with Crippen LogP contribution in [0.25, 0.3) is 10.7 Å². The van der Waals surface area contributed by atoms with Crippen molar-refractivity contribution < 1.29 is 5.11 Å². The summed E-state index contributed by atoms with van der Waals surface area (Å²) in [5.41, 5.74) is 0.965. The summed E-state index contributed by atoms with van der Waals surface area (Å²) in [6.45, 7) is 1.70. The van der Waals surface area contributed by atoms with Crippen molar-refractivity contribution in [3.8, 4) is 10.7 Å².